The lowest BCUT2D eigenvalue weighted by Gasteiger charge is -2.28. The van der Waals surface area contributed by atoms with E-state index < -0.39 is 72.6 Å². The molecule has 0 aromatic rings. The summed E-state index contributed by atoms with van der Waals surface area (Å²) < 4.78 is 0. The van der Waals surface area contributed by atoms with Gasteiger partial charge in [-0.15, -0.1) is 0 Å². The molecule has 0 spiro atoms. The summed E-state index contributed by atoms with van der Waals surface area (Å²) in [4.78, 5) is 71.2. The van der Waals surface area contributed by atoms with E-state index >= 15 is 0 Å². The minimum atomic E-state index is -1.47. The van der Waals surface area contributed by atoms with Gasteiger partial charge in [-0.05, 0) is 19.3 Å². The second-order valence-corrected chi connectivity index (χ2v) is 7.33. The molecule has 1 rings (SSSR count). The molecule has 14 heteroatoms. The first-order chi connectivity index (χ1) is 14.5. The van der Waals surface area contributed by atoms with Crippen LogP contribution in [0.1, 0.15) is 32.1 Å². The molecule has 7 N–H and O–H groups in total. The second-order valence-electron chi connectivity index (χ2n) is 6.97. The van der Waals surface area contributed by atoms with E-state index in [-0.39, 0.29) is 25.1 Å². The maximum absolute atomic E-state index is 12.6. The Hall–Kier alpha value is -2.87. The molecule has 1 heterocycles. The Labute approximate surface area is 182 Å². The number of carbonyl (C=O) groups is 6. The lowest BCUT2D eigenvalue weighted by atomic mass is 10.1. The van der Waals surface area contributed by atoms with Crippen LogP contribution in [0.4, 0.5) is 0 Å². The van der Waals surface area contributed by atoms with E-state index in [4.69, 9.17) is 21.1 Å². The topological polar surface area (TPSA) is 216 Å². The van der Waals surface area contributed by atoms with Crippen LogP contribution >= 0.6 is 12.6 Å². The molecule has 3 amide bonds. The summed E-state index contributed by atoms with van der Waals surface area (Å²) in [6, 6.07) is -5.00. The normalized spacial score (nSPS) is 18.5. The highest BCUT2D eigenvalue weighted by Gasteiger charge is 2.38. The van der Waals surface area contributed by atoms with Crippen LogP contribution in [0.5, 0.6) is 0 Å². The maximum Gasteiger partial charge on any atom is 0.326 e. The number of carbonyl (C=O) groups excluding carboxylic acids is 3. The van der Waals surface area contributed by atoms with Crippen LogP contribution in [0, 0.1) is 0 Å². The minimum absolute atomic E-state index is 0.192. The van der Waals surface area contributed by atoms with E-state index in [9.17, 15) is 28.8 Å². The average molecular weight is 462 g/mol. The molecule has 0 bridgehead atoms. The standard InChI is InChI=1S/C17H26N4O9S/c18-8(6-13(24)25)16(28)21-5-1-2-11(21)15(27)20-10(7-31)14(26)19-9(17(29)30)3-4-12(22)23/h8-11,31H,1-7,18H2,(H,19,26)(H,20,27)(H,22,23)(H,24,25)(H,29,30). The Balaban J connectivity index is 2.78. The van der Waals surface area contributed by atoms with Gasteiger partial charge in [0.15, 0.2) is 0 Å². The van der Waals surface area contributed by atoms with Crippen molar-refractivity contribution in [3.05, 3.63) is 0 Å². The molecular formula is C17H26N4O9S. The fourth-order valence-electron chi connectivity index (χ4n) is 3.05. The van der Waals surface area contributed by atoms with Crippen molar-refractivity contribution in [3.8, 4) is 0 Å². The molecule has 4 atom stereocenters. The third-order valence-electron chi connectivity index (χ3n) is 4.63. The molecule has 4 unspecified atom stereocenters. The average Bonchev–Trinajstić information content (AvgIpc) is 3.17. The summed E-state index contributed by atoms with van der Waals surface area (Å²) in [6.07, 6.45) is -0.689. The highest BCUT2D eigenvalue weighted by molar-refractivity contribution is 7.80. The first kappa shape index (κ1) is 26.2. The number of nitrogens with two attached hydrogens (primary N) is 1. The molecule has 0 radical (unpaired) electrons. The number of aliphatic carboxylic acids is 3. The number of hydrogen-bond acceptors (Lipinski definition) is 8. The Morgan fingerprint density at radius 2 is 1.68 bits per heavy atom. The van der Waals surface area contributed by atoms with Gasteiger partial charge >= 0.3 is 17.9 Å². The number of nitrogens with zero attached hydrogens (tertiary/aromatic N) is 1. The Kier molecular flexibility index (Phi) is 10.2. The zero-order chi connectivity index (χ0) is 23.7. The highest BCUT2D eigenvalue weighted by atomic mass is 32.1. The van der Waals surface area contributed by atoms with Crippen LogP contribution in [0.2, 0.25) is 0 Å². The van der Waals surface area contributed by atoms with Crippen molar-refractivity contribution in [3.63, 3.8) is 0 Å². The van der Waals surface area contributed by atoms with Gasteiger partial charge in [0.25, 0.3) is 0 Å². The van der Waals surface area contributed by atoms with Crippen molar-refractivity contribution in [1.82, 2.24) is 15.5 Å². The molecule has 31 heavy (non-hydrogen) atoms. The Bertz CT molecular complexity index is 732. The highest BCUT2D eigenvalue weighted by Crippen LogP contribution is 2.19. The van der Waals surface area contributed by atoms with Gasteiger partial charge < -0.3 is 36.6 Å². The van der Waals surface area contributed by atoms with Crippen molar-refractivity contribution >= 4 is 48.3 Å². The Morgan fingerprint density at radius 1 is 1.03 bits per heavy atom. The molecule has 1 fully saturated rings. The summed E-state index contributed by atoms with van der Waals surface area (Å²) in [7, 11) is 0. The summed E-state index contributed by atoms with van der Waals surface area (Å²) in [6.45, 7) is 0.193. The summed E-state index contributed by atoms with van der Waals surface area (Å²) in [5.74, 6) is -6.39. The number of likely N-dealkylation sites (tertiary alicyclic amines) is 1. The molecule has 0 aliphatic carbocycles. The van der Waals surface area contributed by atoms with Crippen LogP contribution in [0.15, 0.2) is 0 Å². The van der Waals surface area contributed by atoms with E-state index in [1.54, 1.807) is 0 Å². The Morgan fingerprint density at radius 3 is 2.19 bits per heavy atom. The predicted molar refractivity (Wildman–Crippen MR) is 107 cm³/mol. The van der Waals surface area contributed by atoms with E-state index in [1.165, 1.54) is 0 Å². The van der Waals surface area contributed by atoms with Gasteiger partial charge in [0.05, 0.1) is 12.5 Å². The SMILES string of the molecule is NC(CC(=O)O)C(=O)N1CCCC1C(=O)NC(CS)C(=O)NC(CCC(=O)O)C(=O)O. The molecule has 0 saturated carbocycles. The monoisotopic (exact) mass is 462 g/mol. The molecule has 174 valence electrons. The lowest BCUT2D eigenvalue weighted by molar-refractivity contribution is -0.144. The fraction of sp³-hybridized carbons (Fsp3) is 0.647. The summed E-state index contributed by atoms with van der Waals surface area (Å²) >= 11 is 3.98. The first-order valence-electron chi connectivity index (χ1n) is 9.42. The van der Waals surface area contributed by atoms with Crippen LogP contribution in [-0.2, 0) is 28.8 Å². The molecule has 0 aromatic heterocycles. The van der Waals surface area contributed by atoms with E-state index in [0.717, 1.165) is 4.90 Å². The smallest absolute Gasteiger partial charge is 0.326 e. The van der Waals surface area contributed by atoms with Gasteiger partial charge in [-0.1, -0.05) is 0 Å². The quantitative estimate of drug-likeness (QED) is 0.153. The maximum atomic E-state index is 12.6. The van der Waals surface area contributed by atoms with Gasteiger partial charge in [0.2, 0.25) is 17.7 Å². The summed E-state index contributed by atoms with van der Waals surface area (Å²) in [5, 5.41) is 31.2. The third-order valence-corrected chi connectivity index (χ3v) is 4.99. The third kappa shape index (κ3) is 8.05. The predicted octanol–water partition coefficient (Wildman–Crippen LogP) is -2.37. The molecular weight excluding hydrogens is 436 g/mol. The molecule has 1 saturated heterocycles. The van der Waals surface area contributed by atoms with E-state index in [1.807, 2.05) is 0 Å². The number of nitrogens with one attached hydrogen (secondary N) is 2. The van der Waals surface area contributed by atoms with Gasteiger partial charge in [0.1, 0.15) is 18.1 Å². The number of carboxylic acids is 3. The van der Waals surface area contributed by atoms with Crippen molar-refractivity contribution in [2.24, 2.45) is 5.73 Å². The zero-order valence-corrected chi connectivity index (χ0v) is 17.4. The van der Waals surface area contributed by atoms with Crippen molar-refractivity contribution < 1.29 is 44.1 Å². The number of thiol groups is 1. The molecule has 0 aromatic carbocycles. The lowest BCUT2D eigenvalue weighted by Crippen LogP contribution is -2.57. The minimum Gasteiger partial charge on any atom is -0.481 e. The van der Waals surface area contributed by atoms with Crippen molar-refractivity contribution in [2.45, 2.75) is 56.3 Å². The fourth-order valence-corrected chi connectivity index (χ4v) is 3.31. The largest absolute Gasteiger partial charge is 0.481 e. The van der Waals surface area contributed by atoms with Crippen LogP contribution in [-0.4, -0.2) is 92.3 Å². The van der Waals surface area contributed by atoms with Crippen LogP contribution in [0.3, 0.4) is 0 Å². The first-order valence-corrected chi connectivity index (χ1v) is 10.0. The van der Waals surface area contributed by atoms with Gasteiger partial charge in [-0.25, -0.2) is 4.79 Å². The zero-order valence-electron chi connectivity index (χ0n) is 16.5. The van der Waals surface area contributed by atoms with E-state index in [2.05, 4.69) is 23.3 Å². The summed E-state index contributed by atoms with van der Waals surface area (Å²) in [5.41, 5.74) is 5.59. The second kappa shape index (κ2) is 12.1. The molecule has 13 nitrogen and oxygen atoms in total. The van der Waals surface area contributed by atoms with Crippen LogP contribution < -0.4 is 16.4 Å². The van der Waals surface area contributed by atoms with E-state index in [0.29, 0.717) is 6.42 Å². The van der Waals surface area contributed by atoms with Crippen molar-refractivity contribution in [1.29, 1.82) is 0 Å². The number of hydrogen-bond donors (Lipinski definition) is 7. The number of carboxylic acid groups (broad SMARTS) is 3. The van der Waals surface area contributed by atoms with Crippen LogP contribution in [0.25, 0.3) is 0 Å². The molecule has 1 aliphatic rings. The molecule has 1 aliphatic heterocycles. The van der Waals surface area contributed by atoms with Crippen molar-refractivity contribution in [2.75, 3.05) is 12.3 Å². The van der Waals surface area contributed by atoms with Gasteiger partial charge in [-0.2, -0.15) is 12.6 Å². The number of rotatable bonds is 12. The number of amides is 3. The van der Waals surface area contributed by atoms with Gasteiger partial charge in [-0.3, -0.25) is 24.0 Å². The van der Waals surface area contributed by atoms with Gasteiger partial charge in [0, 0.05) is 18.7 Å².